The Balaban J connectivity index is 2.26. The number of ether oxygens (including phenoxy) is 1. The van der Waals surface area contributed by atoms with Gasteiger partial charge in [-0.05, 0) is 12.5 Å². The molecule has 16 heavy (non-hydrogen) atoms. The molecule has 0 aliphatic carbocycles. The lowest BCUT2D eigenvalue weighted by Gasteiger charge is -2.36. The molecule has 2 heteroatoms. The number of hydrogen-bond donors (Lipinski definition) is 0. The summed E-state index contributed by atoms with van der Waals surface area (Å²) in [6.45, 7) is 5.89. The van der Waals surface area contributed by atoms with Gasteiger partial charge in [0, 0.05) is 11.8 Å². The smallest absolute Gasteiger partial charge is 0.144 e. The van der Waals surface area contributed by atoms with Gasteiger partial charge in [-0.25, -0.2) is 0 Å². The van der Waals surface area contributed by atoms with Crippen molar-refractivity contribution in [3.05, 3.63) is 35.9 Å². The second-order valence-electron chi connectivity index (χ2n) is 4.65. The lowest BCUT2D eigenvalue weighted by molar-refractivity contribution is -0.154. The van der Waals surface area contributed by atoms with Crippen LogP contribution in [-0.2, 0) is 9.53 Å². The molecule has 86 valence electrons. The van der Waals surface area contributed by atoms with Crippen molar-refractivity contribution >= 4 is 5.78 Å². The fourth-order valence-electron chi connectivity index (χ4n) is 2.27. The Morgan fingerprint density at radius 1 is 1.00 bits per heavy atom. The highest BCUT2D eigenvalue weighted by Gasteiger charge is 2.38. The van der Waals surface area contributed by atoms with Crippen molar-refractivity contribution in [2.75, 3.05) is 0 Å². The van der Waals surface area contributed by atoms with Crippen LogP contribution in [0.25, 0.3) is 0 Å². The number of hydrogen-bond acceptors (Lipinski definition) is 2. The van der Waals surface area contributed by atoms with E-state index in [4.69, 9.17) is 4.74 Å². The SMILES string of the molecule is C[C@@H]1O[C@H](c2ccccc2)[C@@H](C)C(=O)[C@H]1C. The Labute approximate surface area is 96.6 Å². The number of Topliss-reactive ketones (excluding diaryl/α,β-unsaturated/α-hetero) is 1. The summed E-state index contributed by atoms with van der Waals surface area (Å²) in [4.78, 5) is 12.0. The van der Waals surface area contributed by atoms with Gasteiger partial charge in [-0.15, -0.1) is 0 Å². The standard InChI is InChI=1S/C14H18O2/c1-9-11(3)16-14(10(2)13(9)15)12-7-5-4-6-8-12/h4-11,14H,1-3H3/t9-,10-,11-,14-/m0/s1. The van der Waals surface area contributed by atoms with E-state index >= 15 is 0 Å². The maximum atomic E-state index is 12.0. The minimum absolute atomic E-state index is 0.00825. The van der Waals surface area contributed by atoms with Crippen LogP contribution in [0.3, 0.4) is 0 Å². The van der Waals surface area contributed by atoms with Crippen LogP contribution in [0.15, 0.2) is 30.3 Å². The monoisotopic (exact) mass is 218 g/mol. The van der Waals surface area contributed by atoms with Crippen LogP contribution < -0.4 is 0 Å². The first-order valence-corrected chi connectivity index (χ1v) is 5.85. The summed E-state index contributed by atoms with van der Waals surface area (Å²) in [5.41, 5.74) is 1.10. The zero-order chi connectivity index (χ0) is 11.7. The number of carbonyl (C=O) groups is 1. The molecule has 0 unspecified atom stereocenters. The Kier molecular flexibility index (Phi) is 3.10. The van der Waals surface area contributed by atoms with Gasteiger partial charge in [-0.1, -0.05) is 44.2 Å². The first-order chi connectivity index (χ1) is 7.61. The van der Waals surface area contributed by atoms with Crippen molar-refractivity contribution in [3.8, 4) is 0 Å². The molecule has 2 nitrogen and oxygen atoms in total. The maximum absolute atomic E-state index is 12.0. The van der Waals surface area contributed by atoms with Gasteiger partial charge in [0.05, 0.1) is 12.2 Å². The summed E-state index contributed by atoms with van der Waals surface area (Å²) in [7, 11) is 0. The van der Waals surface area contributed by atoms with Crippen molar-refractivity contribution in [3.63, 3.8) is 0 Å². The Morgan fingerprint density at radius 3 is 2.25 bits per heavy atom. The van der Waals surface area contributed by atoms with Crippen molar-refractivity contribution in [2.45, 2.75) is 33.0 Å². The average molecular weight is 218 g/mol. The molecule has 1 fully saturated rings. The van der Waals surface area contributed by atoms with Gasteiger partial charge in [-0.2, -0.15) is 0 Å². The topological polar surface area (TPSA) is 26.3 Å². The quantitative estimate of drug-likeness (QED) is 0.724. The Bertz CT molecular complexity index is 372. The molecule has 0 spiro atoms. The van der Waals surface area contributed by atoms with Gasteiger partial charge < -0.3 is 4.74 Å². The number of carbonyl (C=O) groups excluding carboxylic acids is 1. The van der Waals surface area contributed by atoms with Gasteiger partial charge in [0.2, 0.25) is 0 Å². The minimum atomic E-state index is -0.0834. The zero-order valence-corrected chi connectivity index (χ0v) is 10.0. The third kappa shape index (κ3) is 1.90. The van der Waals surface area contributed by atoms with Crippen LogP contribution in [0.4, 0.5) is 0 Å². The molecule has 2 rings (SSSR count). The fraction of sp³-hybridized carbons (Fsp3) is 0.500. The van der Waals surface area contributed by atoms with Crippen LogP contribution in [0.2, 0.25) is 0 Å². The van der Waals surface area contributed by atoms with Crippen LogP contribution >= 0.6 is 0 Å². The molecule has 1 aromatic rings. The van der Waals surface area contributed by atoms with Gasteiger partial charge in [0.15, 0.2) is 0 Å². The molecule has 0 N–H and O–H groups in total. The van der Waals surface area contributed by atoms with Crippen LogP contribution in [0, 0.1) is 11.8 Å². The van der Waals surface area contributed by atoms with Gasteiger partial charge in [0.1, 0.15) is 5.78 Å². The van der Waals surface area contributed by atoms with E-state index in [0.29, 0.717) is 5.78 Å². The molecule has 1 saturated heterocycles. The second-order valence-corrected chi connectivity index (χ2v) is 4.65. The summed E-state index contributed by atoms with van der Waals surface area (Å²) < 4.78 is 5.95. The van der Waals surface area contributed by atoms with E-state index in [1.807, 2.05) is 51.1 Å². The minimum Gasteiger partial charge on any atom is -0.369 e. The lowest BCUT2D eigenvalue weighted by Crippen LogP contribution is -2.40. The van der Waals surface area contributed by atoms with E-state index in [1.54, 1.807) is 0 Å². The Morgan fingerprint density at radius 2 is 1.62 bits per heavy atom. The van der Waals surface area contributed by atoms with Crippen molar-refractivity contribution < 1.29 is 9.53 Å². The van der Waals surface area contributed by atoms with E-state index in [0.717, 1.165) is 5.56 Å². The number of ketones is 1. The van der Waals surface area contributed by atoms with Crippen LogP contribution in [-0.4, -0.2) is 11.9 Å². The van der Waals surface area contributed by atoms with Crippen molar-refractivity contribution in [1.29, 1.82) is 0 Å². The zero-order valence-electron chi connectivity index (χ0n) is 10.0. The van der Waals surface area contributed by atoms with E-state index < -0.39 is 0 Å². The molecule has 1 aliphatic heterocycles. The molecule has 0 saturated carbocycles. The van der Waals surface area contributed by atoms with Crippen molar-refractivity contribution in [2.24, 2.45) is 11.8 Å². The Hall–Kier alpha value is -1.15. The predicted molar refractivity (Wildman–Crippen MR) is 63.1 cm³/mol. The second kappa shape index (κ2) is 4.38. The third-order valence-electron chi connectivity index (χ3n) is 3.55. The molecule has 1 heterocycles. The molecule has 0 amide bonds. The van der Waals surface area contributed by atoms with E-state index in [1.165, 1.54) is 0 Å². The normalized spacial score (nSPS) is 35.1. The molecule has 0 radical (unpaired) electrons. The summed E-state index contributed by atoms with van der Waals surface area (Å²) >= 11 is 0. The summed E-state index contributed by atoms with van der Waals surface area (Å²) in [6.07, 6.45) is -0.0752. The lowest BCUT2D eigenvalue weighted by atomic mass is 9.82. The molecule has 0 aromatic heterocycles. The first-order valence-electron chi connectivity index (χ1n) is 5.85. The molecular formula is C14H18O2. The third-order valence-corrected chi connectivity index (χ3v) is 3.55. The van der Waals surface area contributed by atoms with Crippen molar-refractivity contribution in [1.82, 2.24) is 0 Å². The molecule has 1 aliphatic rings. The van der Waals surface area contributed by atoms with Gasteiger partial charge in [-0.3, -0.25) is 4.79 Å². The van der Waals surface area contributed by atoms with Gasteiger partial charge >= 0.3 is 0 Å². The highest BCUT2D eigenvalue weighted by atomic mass is 16.5. The van der Waals surface area contributed by atoms with E-state index in [-0.39, 0.29) is 24.0 Å². The largest absolute Gasteiger partial charge is 0.369 e. The maximum Gasteiger partial charge on any atom is 0.144 e. The number of rotatable bonds is 1. The molecular weight excluding hydrogens is 200 g/mol. The summed E-state index contributed by atoms with van der Waals surface area (Å²) in [6, 6.07) is 10.00. The molecule has 1 aromatic carbocycles. The van der Waals surface area contributed by atoms with Crippen LogP contribution in [0.5, 0.6) is 0 Å². The summed E-state index contributed by atoms with van der Waals surface area (Å²) in [5.74, 6) is 0.274. The molecule has 4 atom stereocenters. The highest BCUT2D eigenvalue weighted by molar-refractivity contribution is 5.84. The fourth-order valence-corrected chi connectivity index (χ4v) is 2.27. The highest BCUT2D eigenvalue weighted by Crippen LogP contribution is 2.36. The predicted octanol–water partition coefficient (Wildman–Crippen LogP) is 2.99. The summed E-state index contributed by atoms with van der Waals surface area (Å²) in [5, 5.41) is 0. The first kappa shape index (κ1) is 11.3. The molecule has 0 bridgehead atoms. The van der Waals surface area contributed by atoms with E-state index in [9.17, 15) is 4.79 Å². The van der Waals surface area contributed by atoms with Gasteiger partial charge in [0.25, 0.3) is 0 Å². The van der Waals surface area contributed by atoms with E-state index in [2.05, 4.69) is 0 Å². The number of benzene rings is 1. The average Bonchev–Trinajstić information content (AvgIpc) is 2.32. The van der Waals surface area contributed by atoms with Crippen LogP contribution in [0.1, 0.15) is 32.4 Å².